The van der Waals surface area contributed by atoms with Crippen LogP contribution >= 0.6 is 0 Å². The topological polar surface area (TPSA) is 35.2 Å². The zero-order valence-corrected chi connectivity index (χ0v) is 4.77. The van der Waals surface area contributed by atoms with Crippen LogP contribution in [0.5, 0.6) is 0 Å². The summed E-state index contributed by atoms with van der Waals surface area (Å²) < 4.78 is 5.04. The van der Waals surface area contributed by atoms with E-state index >= 15 is 0 Å². The molecule has 42 valence electrons. The summed E-state index contributed by atoms with van der Waals surface area (Å²) in [6.45, 7) is 2.03. The van der Waals surface area contributed by atoms with Gasteiger partial charge < -0.3 is 10.5 Å². The van der Waals surface area contributed by atoms with E-state index in [9.17, 15) is 0 Å². The van der Waals surface area contributed by atoms with Crippen LogP contribution in [0.2, 0.25) is 0 Å². The molecule has 0 bridgehead atoms. The summed E-state index contributed by atoms with van der Waals surface area (Å²) in [4.78, 5) is 0. The molecule has 0 aliphatic heterocycles. The largest absolute Gasteiger partial charge is 0.377 e. The fraction of sp³-hybridized carbons (Fsp3) is 1.00. The fourth-order valence-corrected chi connectivity index (χ4v) is 0.612. The number of hydrogen-bond acceptors (Lipinski definition) is 2. The molecule has 1 fully saturated rings. The van der Waals surface area contributed by atoms with E-state index in [4.69, 9.17) is 10.5 Å². The molecule has 0 unspecified atom stereocenters. The first kappa shape index (κ1) is 5.06. The Bertz CT molecular complexity index is 80.1. The molecular formula is C5H11NO. The Morgan fingerprint density at radius 2 is 2.29 bits per heavy atom. The molecule has 0 aromatic heterocycles. The van der Waals surface area contributed by atoms with Crippen molar-refractivity contribution < 1.29 is 4.74 Å². The van der Waals surface area contributed by atoms with Crippen molar-refractivity contribution in [3.05, 3.63) is 0 Å². The van der Waals surface area contributed by atoms with Gasteiger partial charge in [0.1, 0.15) is 0 Å². The Morgan fingerprint density at radius 1 is 1.86 bits per heavy atom. The first-order valence-corrected chi connectivity index (χ1v) is 2.50. The molecule has 0 amide bonds. The number of nitrogens with two attached hydrogens (primary N) is 1. The minimum Gasteiger partial charge on any atom is -0.377 e. The second kappa shape index (κ2) is 1.20. The lowest BCUT2D eigenvalue weighted by molar-refractivity contribution is 0.0917. The van der Waals surface area contributed by atoms with Crippen molar-refractivity contribution in [2.24, 2.45) is 5.73 Å². The van der Waals surface area contributed by atoms with Gasteiger partial charge in [-0.2, -0.15) is 0 Å². The van der Waals surface area contributed by atoms with Gasteiger partial charge in [0.25, 0.3) is 0 Å². The molecule has 1 rings (SSSR count). The highest BCUT2D eigenvalue weighted by Gasteiger charge is 2.47. The van der Waals surface area contributed by atoms with E-state index in [-0.39, 0.29) is 11.6 Å². The third-order valence-corrected chi connectivity index (χ3v) is 1.72. The normalized spacial score (nSPS) is 49.3. The summed E-state index contributed by atoms with van der Waals surface area (Å²) in [5.41, 5.74) is 5.51. The third-order valence-electron chi connectivity index (χ3n) is 1.72. The Labute approximate surface area is 43.6 Å². The molecule has 0 spiro atoms. The predicted molar refractivity (Wildman–Crippen MR) is 28.0 cm³/mol. The Balaban J connectivity index is 2.36. The second-order valence-electron chi connectivity index (χ2n) is 2.33. The molecule has 1 saturated carbocycles. The van der Waals surface area contributed by atoms with Crippen molar-refractivity contribution >= 4 is 0 Å². The third kappa shape index (κ3) is 0.640. The zero-order chi connectivity index (χ0) is 5.49. The van der Waals surface area contributed by atoms with E-state index in [0.29, 0.717) is 0 Å². The number of ether oxygens (including phenoxy) is 1. The Hall–Kier alpha value is -0.0800. The molecule has 7 heavy (non-hydrogen) atoms. The highest BCUT2D eigenvalue weighted by molar-refractivity contribution is 5.05. The summed E-state index contributed by atoms with van der Waals surface area (Å²) in [6.07, 6.45) is 1.02. The van der Waals surface area contributed by atoms with Crippen molar-refractivity contribution in [1.29, 1.82) is 0 Å². The summed E-state index contributed by atoms with van der Waals surface area (Å²) in [5.74, 6) is 0. The fourth-order valence-electron chi connectivity index (χ4n) is 0.612. The van der Waals surface area contributed by atoms with Crippen molar-refractivity contribution in [1.82, 2.24) is 0 Å². The van der Waals surface area contributed by atoms with Crippen LogP contribution in [0.3, 0.4) is 0 Å². The van der Waals surface area contributed by atoms with Gasteiger partial charge in [0, 0.05) is 13.2 Å². The standard InChI is InChI=1S/C5H11NO/c1-5(7-2)3-4(5)6/h4H,3,6H2,1-2H3/t4-,5-/m0/s1. The smallest absolute Gasteiger partial charge is 0.0817 e. The SMILES string of the molecule is CO[C@@]1(C)C[C@@H]1N. The van der Waals surface area contributed by atoms with Crippen molar-refractivity contribution in [2.75, 3.05) is 7.11 Å². The van der Waals surface area contributed by atoms with Crippen LogP contribution in [-0.2, 0) is 4.74 Å². The monoisotopic (exact) mass is 101 g/mol. The molecule has 0 aromatic carbocycles. The lowest BCUT2D eigenvalue weighted by Crippen LogP contribution is -2.17. The van der Waals surface area contributed by atoms with Crippen LogP contribution in [0.15, 0.2) is 0 Å². The zero-order valence-electron chi connectivity index (χ0n) is 4.77. The maximum Gasteiger partial charge on any atom is 0.0817 e. The molecule has 0 heterocycles. The lowest BCUT2D eigenvalue weighted by atomic mass is 10.4. The molecule has 2 heteroatoms. The number of hydrogen-bond donors (Lipinski definition) is 1. The van der Waals surface area contributed by atoms with Crippen molar-refractivity contribution in [2.45, 2.75) is 25.0 Å². The Kier molecular flexibility index (Phi) is 0.869. The molecular weight excluding hydrogens is 90.1 g/mol. The number of rotatable bonds is 1. The van der Waals surface area contributed by atoms with Gasteiger partial charge >= 0.3 is 0 Å². The van der Waals surface area contributed by atoms with Gasteiger partial charge in [0.15, 0.2) is 0 Å². The van der Waals surface area contributed by atoms with Crippen LogP contribution in [0.25, 0.3) is 0 Å². The summed E-state index contributed by atoms with van der Waals surface area (Å²) in [5, 5.41) is 0. The van der Waals surface area contributed by atoms with Gasteiger partial charge in [-0.1, -0.05) is 0 Å². The lowest BCUT2D eigenvalue weighted by Gasteiger charge is -2.03. The Morgan fingerprint density at radius 3 is 2.29 bits per heavy atom. The molecule has 2 N–H and O–H groups in total. The quantitative estimate of drug-likeness (QED) is 0.509. The molecule has 2 nitrogen and oxygen atoms in total. The molecule has 0 aromatic rings. The predicted octanol–water partition coefficient (Wildman–Crippen LogP) is 0.123. The maximum atomic E-state index is 5.49. The van der Waals surface area contributed by atoms with Gasteiger partial charge in [-0.3, -0.25) is 0 Å². The molecule has 1 aliphatic rings. The highest BCUT2D eigenvalue weighted by Crippen LogP contribution is 2.36. The van der Waals surface area contributed by atoms with Crippen molar-refractivity contribution in [3.63, 3.8) is 0 Å². The highest BCUT2D eigenvalue weighted by atomic mass is 16.5. The van der Waals surface area contributed by atoms with E-state index in [1.54, 1.807) is 7.11 Å². The average molecular weight is 101 g/mol. The molecule has 1 aliphatic carbocycles. The van der Waals surface area contributed by atoms with Gasteiger partial charge in [-0.15, -0.1) is 0 Å². The maximum absolute atomic E-state index is 5.49. The minimum atomic E-state index is 0.0278. The van der Waals surface area contributed by atoms with E-state index in [0.717, 1.165) is 6.42 Å². The summed E-state index contributed by atoms with van der Waals surface area (Å²) in [6, 6.07) is 0.289. The van der Waals surface area contributed by atoms with E-state index < -0.39 is 0 Å². The van der Waals surface area contributed by atoms with Crippen LogP contribution in [0, 0.1) is 0 Å². The van der Waals surface area contributed by atoms with E-state index in [1.165, 1.54) is 0 Å². The molecule has 0 radical (unpaired) electrons. The van der Waals surface area contributed by atoms with Gasteiger partial charge in [-0.05, 0) is 13.3 Å². The number of methoxy groups -OCH3 is 1. The summed E-state index contributed by atoms with van der Waals surface area (Å²) >= 11 is 0. The van der Waals surface area contributed by atoms with Crippen LogP contribution in [0.4, 0.5) is 0 Å². The minimum absolute atomic E-state index is 0.0278. The van der Waals surface area contributed by atoms with E-state index in [2.05, 4.69) is 0 Å². The van der Waals surface area contributed by atoms with Gasteiger partial charge in [0.2, 0.25) is 0 Å². The van der Waals surface area contributed by atoms with E-state index in [1.807, 2.05) is 6.92 Å². The second-order valence-corrected chi connectivity index (χ2v) is 2.33. The first-order valence-electron chi connectivity index (χ1n) is 2.50. The van der Waals surface area contributed by atoms with Crippen molar-refractivity contribution in [3.8, 4) is 0 Å². The molecule has 0 saturated heterocycles. The molecule has 2 atom stereocenters. The van der Waals surface area contributed by atoms with Gasteiger partial charge in [-0.25, -0.2) is 0 Å². The first-order chi connectivity index (χ1) is 3.19. The van der Waals surface area contributed by atoms with Crippen LogP contribution in [0.1, 0.15) is 13.3 Å². The average Bonchev–Trinajstić information content (AvgIpc) is 2.18. The van der Waals surface area contributed by atoms with Crippen LogP contribution in [-0.4, -0.2) is 18.8 Å². The summed E-state index contributed by atoms with van der Waals surface area (Å²) in [7, 11) is 1.70. The van der Waals surface area contributed by atoms with Gasteiger partial charge in [0.05, 0.1) is 5.60 Å². The van der Waals surface area contributed by atoms with Crippen LogP contribution < -0.4 is 5.73 Å².